The monoisotopic (exact) mass is 213 g/mol. The van der Waals surface area contributed by atoms with Crippen LogP contribution in [0, 0.1) is 11.8 Å². The van der Waals surface area contributed by atoms with E-state index in [1.165, 1.54) is 25.7 Å². The van der Waals surface area contributed by atoms with Crippen LogP contribution < -0.4 is 5.32 Å². The van der Waals surface area contributed by atoms with Crippen LogP contribution in [0.25, 0.3) is 0 Å². The summed E-state index contributed by atoms with van der Waals surface area (Å²) in [5.41, 5.74) is 0. The van der Waals surface area contributed by atoms with Gasteiger partial charge in [-0.05, 0) is 51.0 Å². The Morgan fingerprint density at radius 2 is 2.07 bits per heavy atom. The summed E-state index contributed by atoms with van der Waals surface area (Å²) >= 11 is 0. The Labute approximate surface area is 94.8 Å². The third-order valence-electron chi connectivity index (χ3n) is 3.55. The summed E-state index contributed by atoms with van der Waals surface area (Å²) in [5, 5.41) is 3.63. The van der Waals surface area contributed by atoms with Crippen LogP contribution in [0.2, 0.25) is 0 Å². The zero-order valence-corrected chi connectivity index (χ0v) is 10.6. The molecule has 0 aromatic rings. The van der Waals surface area contributed by atoms with E-state index >= 15 is 0 Å². The van der Waals surface area contributed by atoms with Crippen molar-refractivity contribution in [2.45, 2.75) is 52.5 Å². The molecule has 2 nitrogen and oxygen atoms in total. The predicted molar refractivity (Wildman–Crippen MR) is 65.1 cm³/mol. The molecule has 3 unspecified atom stereocenters. The molecule has 15 heavy (non-hydrogen) atoms. The van der Waals surface area contributed by atoms with Crippen molar-refractivity contribution < 1.29 is 4.74 Å². The van der Waals surface area contributed by atoms with Gasteiger partial charge < -0.3 is 10.1 Å². The molecule has 0 aromatic carbocycles. The summed E-state index contributed by atoms with van der Waals surface area (Å²) in [4.78, 5) is 0. The van der Waals surface area contributed by atoms with Gasteiger partial charge in [-0.15, -0.1) is 0 Å². The summed E-state index contributed by atoms with van der Waals surface area (Å²) in [7, 11) is 0. The number of nitrogens with one attached hydrogen (secondary N) is 1. The predicted octanol–water partition coefficient (Wildman–Crippen LogP) is 2.83. The van der Waals surface area contributed by atoms with E-state index < -0.39 is 0 Å². The molecule has 90 valence electrons. The molecule has 0 saturated heterocycles. The van der Waals surface area contributed by atoms with E-state index in [9.17, 15) is 0 Å². The molecule has 0 aliphatic heterocycles. The van der Waals surface area contributed by atoms with Crippen molar-refractivity contribution in [2.24, 2.45) is 11.8 Å². The van der Waals surface area contributed by atoms with Crippen molar-refractivity contribution in [3.05, 3.63) is 0 Å². The summed E-state index contributed by atoms with van der Waals surface area (Å²) in [6.45, 7) is 9.56. The van der Waals surface area contributed by atoms with Gasteiger partial charge in [0.15, 0.2) is 0 Å². The molecule has 1 N–H and O–H groups in total. The smallest absolute Gasteiger partial charge is 0.0469 e. The van der Waals surface area contributed by atoms with Gasteiger partial charge in [-0.1, -0.05) is 13.8 Å². The summed E-state index contributed by atoms with van der Waals surface area (Å²) in [6, 6.07) is 0.742. The van der Waals surface area contributed by atoms with E-state index in [4.69, 9.17) is 4.74 Å². The maximum atomic E-state index is 5.47. The Hall–Kier alpha value is -0.0800. The topological polar surface area (TPSA) is 21.3 Å². The quantitative estimate of drug-likeness (QED) is 0.685. The summed E-state index contributed by atoms with van der Waals surface area (Å²) in [6.07, 6.45) is 5.36. The SMILES string of the molecule is CCNC1CCC(C)CC1CCOCC. The lowest BCUT2D eigenvalue weighted by Crippen LogP contribution is -2.40. The Morgan fingerprint density at radius 1 is 1.27 bits per heavy atom. The largest absolute Gasteiger partial charge is 0.382 e. The fourth-order valence-corrected chi connectivity index (χ4v) is 2.73. The minimum Gasteiger partial charge on any atom is -0.382 e. The zero-order chi connectivity index (χ0) is 11.1. The van der Waals surface area contributed by atoms with Crippen molar-refractivity contribution in [1.82, 2.24) is 5.32 Å². The van der Waals surface area contributed by atoms with Crippen molar-refractivity contribution in [3.8, 4) is 0 Å². The minimum atomic E-state index is 0.742. The standard InChI is InChI=1S/C13H27NO/c1-4-14-13-7-6-11(3)10-12(13)8-9-15-5-2/h11-14H,4-10H2,1-3H3. The molecule has 1 saturated carbocycles. The van der Waals surface area contributed by atoms with Crippen LogP contribution in [0.15, 0.2) is 0 Å². The van der Waals surface area contributed by atoms with Crippen molar-refractivity contribution in [3.63, 3.8) is 0 Å². The van der Waals surface area contributed by atoms with E-state index in [0.29, 0.717) is 0 Å². The van der Waals surface area contributed by atoms with Gasteiger partial charge in [0.2, 0.25) is 0 Å². The van der Waals surface area contributed by atoms with Crippen LogP contribution in [0.4, 0.5) is 0 Å². The number of hydrogen-bond donors (Lipinski definition) is 1. The molecule has 3 atom stereocenters. The average Bonchev–Trinajstić information content (AvgIpc) is 2.22. The van der Waals surface area contributed by atoms with E-state index in [1.54, 1.807) is 0 Å². The molecule has 0 heterocycles. The second-order valence-corrected chi connectivity index (χ2v) is 4.83. The molecule has 1 rings (SSSR count). The lowest BCUT2D eigenvalue weighted by atomic mass is 9.77. The maximum Gasteiger partial charge on any atom is 0.0469 e. The van der Waals surface area contributed by atoms with Gasteiger partial charge in [-0.2, -0.15) is 0 Å². The Balaban J connectivity index is 2.32. The highest BCUT2D eigenvalue weighted by molar-refractivity contribution is 4.83. The number of ether oxygens (including phenoxy) is 1. The minimum absolute atomic E-state index is 0.742. The van der Waals surface area contributed by atoms with E-state index in [1.807, 2.05) is 0 Å². The first kappa shape index (κ1) is 13.0. The molecule has 1 aliphatic rings. The molecule has 1 fully saturated rings. The van der Waals surface area contributed by atoms with E-state index in [0.717, 1.165) is 37.6 Å². The lowest BCUT2D eigenvalue weighted by molar-refractivity contribution is 0.107. The normalized spacial score (nSPS) is 31.8. The number of hydrogen-bond acceptors (Lipinski definition) is 2. The molecule has 0 aromatic heterocycles. The van der Waals surface area contributed by atoms with Gasteiger partial charge >= 0.3 is 0 Å². The second-order valence-electron chi connectivity index (χ2n) is 4.83. The highest BCUT2D eigenvalue weighted by Crippen LogP contribution is 2.31. The van der Waals surface area contributed by atoms with Gasteiger partial charge in [-0.25, -0.2) is 0 Å². The Bertz CT molecular complexity index is 161. The highest BCUT2D eigenvalue weighted by Gasteiger charge is 2.27. The molecular formula is C13H27NO. The van der Waals surface area contributed by atoms with E-state index in [2.05, 4.69) is 26.1 Å². The lowest BCUT2D eigenvalue weighted by Gasteiger charge is -2.35. The highest BCUT2D eigenvalue weighted by atomic mass is 16.5. The van der Waals surface area contributed by atoms with Gasteiger partial charge in [0, 0.05) is 19.3 Å². The average molecular weight is 213 g/mol. The molecule has 0 amide bonds. The molecule has 1 aliphatic carbocycles. The first-order valence-electron chi connectivity index (χ1n) is 6.59. The molecule has 0 radical (unpaired) electrons. The van der Waals surface area contributed by atoms with Crippen LogP contribution >= 0.6 is 0 Å². The van der Waals surface area contributed by atoms with Crippen molar-refractivity contribution in [1.29, 1.82) is 0 Å². The first-order chi connectivity index (χ1) is 7.27. The fourth-order valence-electron chi connectivity index (χ4n) is 2.73. The Morgan fingerprint density at radius 3 is 2.73 bits per heavy atom. The third kappa shape index (κ3) is 4.52. The van der Waals surface area contributed by atoms with Gasteiger partial charge in [-0.3, -0.25) is 0 Å². The van der Waals surface area contributed by atoms with Gasteiger partial charge in [0.1, 0.15) is 0 Å². The molecule has 0 spiro atoms. The maximum absolute atomic E-state index is 5.47. The third-order valence-corrected chi connectivity index (χ3v) is 3.55. The summed E-state index contributed by atoms with van der Waals surface area (Å²) < 4.78 is 5.47. The second kappa shape index (κ2) is 7.24. The van der Waals surface area contributed by atoms with Crippen LogP contribution in [-0.4, -0.2) is 25.8 Å². The molecule has 0 bridgehead atoms. The van der Waals surface area contributed by atoms with Crippen LogP contribution in [-0.2, 0) is 4.74 Å². The summed E-state index contributed by atoms with van der Waals surface area (Å²) in [5.74, 6) is 1.74. The van der Waals surface area contributed by atoms with Crippen molar-refractivity contribution in [2.75, 3.05) is 19.8 Å². The van der Waals surface area contributed by atoms with Crippen LogP contribution in [0.3, 0.4) is 0 Å². The van der Waals surface area contributed by atoms with Crippen LogP contribution in [0.1, 0.15) is 46.5 Å². The van der Waals surface area contributed by atoms with Gasteiger partial charge in [0.25, 0.3) is 0 Å². The fraction of sp³-hybridized carbons (Fsp3) is 1.00. The Kier molecular flexibility index (Phi) is 6.26. The van der Waals surface area contributed by atoms with Crippen LogP contribution in [0.5, 0.6) is 0 Å². The number of rotatable bonds is 6. The van der Waals surface area contributed by atoms with Crippen molar-refractivity contribution >= 4 is 0 Å². The van der Waals surface area contributed by atoms with Gasteiger partial charge in [0.05, 0.1) is 0 Å². The van der Waals surface area contributed by atoms with E-state index in [-0.39, 0.29) is 0 Å². The zero-order valence-electron chi connectivity index (χ0n) is 10.6. The molecule has 2 heteroatoms. The molecular weight excluding hydrogens is 186 g/mol. The first-order valence-corrected chi connectivity index (χ1v) is 6.59.